The van der Waals surface area contributed by atoms with Crippen molar-refractivity contribution >= 4 is 0 Å². The van der Waals surface area contributed by atoms with Crippen LogP contribution in [-0.2, 0) is 0 Å². The van der Waals surface area contributed by atoms with Gasteiger partial charge in [0.1, 0.15) is 5.75 Å². The number of benzene rings is 1. The highest BCUT2D eigenvalue weighted by molar-refractivity contribution is 5.28. The summed E-state index contributed by atoms with van der Waals surface area (Å²) >= 11 is 0. The smallest absolute Gasteiger partial charge is 0.118 e. The third-order valence-electron chi connectivity index (χ3n) is 2.70. The van der Waals surface area contributed by atoms with E-state index in [0.717, 1.165) is 31.7 Å². The van der Waals surface area contributed by atoms with Crippen LogP contribution in [0.2, 0.25) is 0 Å². The third-order valence-corrected chi connectivity index (χ3v) is 2.70. The van der Waals surface area contributed by atoms with Crippen LogP contribution in [0.25, 0.3) is 0 Å². The molecule has 0 fully saturated rings. The van der Waals surface area contributed by atoms with Gasteiger partial charge >= 0.3 is 0 Å². The Bertz CT molecular complexity index is 284. The summed E-state index contributed by atoms with van der Waals surface area (Å²) in [5.74, 6) is 0.902. The zero-order valence-electron chi connectivity index (χ0n) is 10.2. The number of ether oxygens (including phenoxy) is 1. The fourth-order valence-electron chi connectivity index (χ4n) is 1.60. The molecule has 90 valence electrons. The van der Waals surface area contributed by atoms with Gasteiger partial charge in [-0.25, -0.2) is 0 Å². The SMILES string of the molecule is COc1ccc(C(C)NCCCCN)cc1. The monoisotopic (exact) mass is 222 g/mol. The van der Waals surface area contributed by atoms with Crippen LogP contribution in [0, 0.1) is 0 Å². The summed E-state index contributed by atoms with van der Waals surface area (Å²) in [7, 11) is 1.68. The van der Waals surface area contributed by atoms with Crippen LogP contribution in [0.4, 0.5) is 0 Å². The van der Waals surface area contributed by atoms with Crippen LogP contribution < -0.4 is 15.8 Å². The zero-order chi connectivity index (χ0) is 11.8. The predicted octanol–water partition coefficient (Wildman–Crippen LogP) is 2.08. The van der Waals surface area contributed by atoms with Crippen molar-refractivity contribution in [2.45, 2.75) is 25.8 Å². The Morgan fingerprint density at radius 3 is 2.50 bits per heavy atom. The van der Waals surface area contributed by atoms with Gasteiger partial charge in [-0.05, 0) is 50.6 Å². The third kappa shape index (κ3) is 4.21. The molecular formula is C13H22N2O. The summed E-state index contributed by atoms with van der Waals surface area (Å²) < 4.78 is 5.13. The lowest BCUT2D eigenvalue weighted by Gasteiger charge is -2.14. The van der Waals surface area contributed by atoms with Crippen molar-refractivity contribution < 1.29 is 4.74 Å². The number of nitrogens with one attached hydrogen (secondary N) is 1. The second-order valence-electron chi connectivity index (χ2n) is 3.94. The first-order chi connectivity index (χ1) is 7.77. The largest absolute Gasteiger partial charge is 0.497 e. The maximum absolute atomic E-state index is 5.45. The molecule has 0 saturated heterocycles. The van der Waals surface area contributed by atoms with E-state index in [2.05, 4.69) is 24.4 Å². The second kappa shape index (κ2) is 7.25. The van der Waals surface area contributed by atoms with Crippen molar-refractivity contribution in [3.05, 3.63) is 29.8 Å². The topological polar surface area (TPSA) is 47.3 Å². The van der Waals surface area contributed by atoms with E-state index in [0.29, 0.717) is 6.04 Å². The molecule has 0 spiro atoms. The minimum Gasteiger partial charge on any atom is -0.497 e. The quantitative estimate of drug-likeness (QED) is 0.694. The van der Waals surface area contributed by atoms with Crippen LogP contribution >= 0.6 is 0 Å². The fourth-order valence-corrected chi connectivity index (χ4v) is 1.60. The van der Waals surface area contributed by atoms with E-state index in [4.69, 9.17) is 10.5 Å². The Hall–Kier alpha value is -1.06. The summed E-state index contributed by atoms with van der Waals surface area (Å²) in [5.41, 5.74) is 6.73. The van der Waals surface area contributed by atoms with Crippen molar-refractivity contribution in [2.75, 3.05) is 20.2 Å². The molecule has 1 unspecified atom stereocenters. The normalized spacial score (nSPS) is 12.4. The molecule has 0 aliphatic heterocycles. The van der Waals surface area contributed by atoms with Crippen molar-refractivity contribution in [2.24, 2.45) is 5.73 Å². The average molecular weight is 222 g/mol. The minimum atomic E-state index is 0.378. The molecule has 1 aromatic rings. The van der Waals surface area contributed by atoms with Crippen molar-refractivity contribution in [1.29, 1.82) is 0 Å². The first-order valence-corrected chi connectivity index (χ1v) is 5.85. The molecule has 3 N–H and O–H groups in total. The second-order valence-corrected chi connectivity index (χ2v) is 3.94. The van der Waals surface area contributed by atoms with Gasteiger partial charge in [-0.2, -0.15) is 0 Å². The van der Waals surface area contributed by atoms with Gasteiger partial charge in [-0.15, -0.1) is 0 Å². The van der Waals surface area contributed by atoms with Crippen molar-refractivity contribution in [3.8, 4) is 5.75 Å². The van der Waals surface area contributed by atoms with Gasteiger partial charge in [0.2, 0.25) is 0 Å². The molecule has 0 saturated carbocycles. The fraction of sp³-hybridized carbons (Fsp3) is 0.538. The number of hydrogen-bond donors (Lipinski definition) is 2. The lowest BCUT2D eigenvalue weighted by molar-refractivity contribution is 0.414. The Morgan fingerprint density at radius 2 is 1.94 bits per heavy atom. The standard InChI is InChI=1S/C13H22N2O/c1-11(15-10-4-3-9-14)12-5-7-13(16-2)8-6-12/h5-8,11,15H,3-4,9-10,14H2,1-2H3. The van der Waals surface area contributed by atoms with E-state index in [1.807, 2.05) is 12.1 Å². The van der Waals surface area contributed by atoms with Gasteiger partial charge in [0, 0.05) is 6.04 Å². The van der Waals surface area contributed by atoms with Gasteiger partial charge in [-0.1, -0.05) is 12.1 Å². The Kier molecular flexibility index (Phi) is 5.90. The first kappa shape index (κ1) is 13.0. The van der Waals surface area contributed by atoms with Crippen LogP contribution in [0.3, 0.4) is 0 Å². The maximum atomic E-state index is 5.45. The van der Waals surface area contributed by atoms with Crippen molar-refractivity contribution in [1.82, 2.24) is 5.32 Å². The van der Waals surface area contributed by atoms with Crippen LogP contribution in [-0.4, -0.2) is 20.2 Å². The summed E-state index contributed by atoms with van der Waals surface area (Å²) in [4.78, 5) is 0. The van der Waals surface area contributed by atoms with Crippen molar-refractivity contribution in [3.63, 3.8) is 0 Å². The van der Waals surface area contributed by atoms with E-state index in [1.165, 1.54) is 5.56 Å². The number of hydrogen-bond acceptors (Lipinski definition) is 3. The molecule has 0 aliphatic rings. The lowest BCUT2D eigenvalue weighted by Crippen LogP contribution is -2.20. The summed E-state index contributed by atoms with van der Waals surface area (Å²) in [5, 5.41) is 3.47. The Labute approximate surface area is 98.0 Å². The average Bonchev–Trinajstić information content (AvgIpc) is 2.34. The lowest BCUT2D eigenvalue weighted by atomic mass is 10.1. The molecule has 0 aromatic heterocycles. The van der Waals surface area contributed by atoms with Gasteiger partial charge in [0.25, 0.3) is 0 Å². The van der Waals surface area contributed by atoms with Crippen LogP contribution in [0.1, 0.15) is 31.4 Å². The van der Waals surface area contributed by atoms with E-state index < -0.39 is 0 Å². The van der Waals surface area contributed by atoms with Gasteiger partial charge < -0.3 is 15.8 Å². The summed E-state index contributed by atoms with van der Waals surface area (Å²) in [6.45, 7) is 3.97. The highest BCUT2D eigenvalue weighted by Crippen LogP contribution is 2.16. The molecule has 0 amide bonds. The highest BCUT2D eigenvalue weighted by atomic mass is 16.5. The molecule has 1 aromatic carbocycles. The number of unbranched alkanes of at least 4 members (excludes halogenated alkanes) is 1. The van der Waals surface area contributed by atoms with Gasteiger partial charge in [0.05, 0.1) is 7.11 Å². The minimum absolute atomic E-state index is 0.378. The molecule has 3 nitrogen and oxygen atoms in total. The van der Waals surface area contributed by atoms with E-state index >= 15 is 0 Å². The van der Waals surface area contributed by atoms with Crippen LogP contribution in [0.5, 0.6) is 5.75 Å². The molecular weight excluding hydrogens is 200 g/mol. The molecule has 1 rings (SSSR count). The molecule has 1 atom stereocenters. The number of rotatable bonds is 7. The van der Waals surface area contributed by atoms with Crippen LogP contribution in [0.15, 0.2) is 24.3 Å². The molecule has 0 heterocycles. The van der Waals surface area contributed by atoms with Gasteiger partial charge in [-0.3, -0.25) is 0 Å². The number of methoxy groups -OCH3 is 1. The number of nitrogens with two attached hydrogens (primary N) is 1. The first-order valence-electron chi connectivity index (χ1n) is 5.85. The zero-order valence-corrected chi connectivity index (χ0v) is 10.2. The van der Waals surface area contributed by atoms with E-state index in [9.17, 15) is 0 Å². The Balaban J connectivity index is 2.37. The molecule has 16 heavy (non-hydrogen) atoms. The molecule has 0 radical (unpaired) electrons. The summed E-state index contributed by atoms with van der Waals surface area (Å²) in [6, 6.07) is 8.56. The van der Waals surface area contributed by atoms with E-state index in [1.54, 1.807) is 7.11 Å². The Morgan fingerprint density at radius 1 is 1.25 bits per heavy atom. The predicted molar refractivity (Wildman–Crippen MR) is 67.7 cm³/mol. The maximum Gasteiger partial charge on any atom is 0.118 e. The van der Waals surface area contributed by atoms with Gasteiger partial charge in [0.15, 0.2) is 0 Å². The van der Waals surface area contributed by atoms with E-state index in [-0.39, 0.29) is 0 Å². The molecule has 3 heteroatoms. The molecule has 0 bridgehead atoms. The summed E-state index contributed by atoms with van der Waals surface area (Å²) in [6.07, 6.45) is 2.22. The highest BCUT2D eigenvalue weighted by Gasteiger charge is 2.03. The molecule has 0 aliphatic carbocycles.